The van der Waals surface area contributed by atoms with Crippen molar-refractivity contribution in [2.24, 2.45) is 5.16 Å². The molecular formula is C13H22N2O2. The first-order valence-electron chi connectivity index (χ1n) is 6.52. The molecule has 0 aromatic heterocycles. The lowest BCUT2D eigenvalue weighted by Crippen LogP contribution is -2.28. The van der Waals surface area contributed by atoms with Gasteiger partial charge in [-0.3, -0.25) is 0 Å². The van der Waals surface area contributed by atoms with Crippen LogP contribution in [0.3, 0.4) is 0 Å². The monoisotopic (exact) mass is 238 g/mol. The first-order valence-corrected chi connectivity index (χ1v) is 6.52. The zero-order valence-corrected chi connectivity index (χ0v) is 10.8. The van der Waals surface area contributed by atoms with Crippen LogP contribution < -0.4 is 0 Å². The maximum atomic E-state index is 5.61. The van der Waals surface area contributed by atoms with Crippen LogP contribution in [-0.2, 0) is 9.57 Å². The number of likely N-dealkylation sites (N-methyl/N-ethyl adjacent to an activating group) is 1. The first-order chi connectivity index (χ1) is 8.29. The molecular weight excluding hydrogens is 216 g/mol. The molecule has 0 saturated heterocycles. The predicted octanol–water partition coefficient (Wildman–Crippen LogP) is 2.17. The normalized spacial score (nSPS) is 25.4. The van der Waals surface area contributed by atoms with Crippen LogP contribution in [0.4, 0.5) is 0 Å². The predicted molar refractivity (Wildman–Crippen MR) is 68.0 cm³/mol. The molecule has 0 amide bonds. The average molecular weight is 238 g/mol. The fourth-order valence-electron chi connectivity index (χ4n) is 2.10. The van der Waals surface area contributed by atoms with E-state index in [4.69, 9.17) is 9.57 Å². The van der Waals surface area contributed by atoms with Gasteiger partial charge in [-0.2, -0.15) is 0 Å². The second-order valence-electron chi connectivity index (χ2n) is 4.76. The molecule has 2 aliphatic rings. The zero-order valence-electron chi connectivity index (χ0n) is 10.8. The second kappa shape index (κ2) is 6.17. The fraction of sp³-hybridized carbons (Fsp3) is 0.769. The topological polar surface area (TPSA) is 34.1 Å². The minimum absolute atomic E-state index is 0.162. The third-order valence-corrected chi connectivity index (χ3v) is 3.15. The van der Waals surface area contributed by atoms with Crippen molar-refractivity contribution in [3.63, 3.8) is 0 Å². The summed E-state index contributed by atoms with van der Waals surface area (Å²) in [5.41, 5.74) is 2.37. The van der Waals surface area contributed by atoms with Gasteiger partial charge in [-0.1, -0.05) is 24.6 Å². The van der Waals surface area contributed by atoms with Crippen LogP contribution in [0.2, 0.25) is 0 Å². The Kier molecular flexibility index (Phi) is 4.57. The molecule has 1 unspecified atom stereocenters. The molecule has 17 heavy (non-hydrogen) atoms. The highest BCUT2D eigenvalue weighted by molar-refractivity contribution is 6.01. The standard InChI is InChI=1S/C13H22N2O2/c1-3-4-8-16-13-9-12(14-17-13)11-6-5-7-15(2)10-11/h6,13H,3-5,7-10H2,1-2H3. The van der Waals surface area contributed by atoms with Crippen molar-refractivity contribution in [3.8, 4) is 0 Å². The van der Waals surface area contributed by atoms with Crippen LogP contribution in [-0.4, -0.2) is 43.6 Å². The Bertz CT molecular complexity index is 313. The lowest BCUT2D eigenvalue weighted by molar-refractivity contribution is -0.124. The highest BCUT2D eigenvalue weighted by Gasteiger charge is 2.25. The van der Waals surface area contributed by atoms with Crippen LogP contribution >= 0.6 is 0 Å². The van der Waals surface area contributed by atoms with Crippen molar-refractivity contribution in [2.75, 3.05) is 26.7 Å². The molecule has 2 aliphatic heterocycles. The Morgan fingerprint density at radius 2 is 2.47 bits per heavy atom. The summed E-state index contributed by atoms with van der Waals surface area (Å²) < 4.78 is 5.61. The van der Waals surface area contributed by atoms with Crippen molar-refractivity contribution < 1.29 is 9.57 Å². The fourth-order valence-corrected chi connectivity index (χ4v) is 2.10. The molecule has 1 atom stereocenters. The SMILES string of the molecule is CCCCOC1CC(C2=CCCN(C)C2)=NO1. The Hall–Kier alpha value is -0.870. The van der Waals surface area contributed by atoms with Gasteiger partial charge in [0.25, 0.3) is 0 Å². The number of nitrogens with zero attached hydrogens (tertiary/aromatic N) is 2. The molecule has 0 spiro atoms. The number of hydrogen-bond acceptors (Lipinski definition) is 4. The summed E-state index contributed by atoms with van der Waals surface area (Å²) >= 11 is 0. The van der Waals surface area contributed by atoms with Gasteiger partial charge >= 0.3 is 0 Å². The van der Waals surface area contributed by atoms with E-state index in [2.05, 4.69) is 30.1 Å². The first kappa shape index (κ1) is 12.6. The summed E-state index contributed by atoms with van der Waals surface area (Å²) in [6.45, 7) is 5.03. The highest BCUT2D eigenvalue weighted by atomic mass is 16.8. The Labute approximate surface area is 103 Å². The van der Waals surface area contributed by atoms with Crippen molar-refractivity contribution in [2.45, 2.75) is 38.9 Å². The van der Waals surface area contributed by atoms with Gasteiger partial charge in [0.1, 0.15) is 0 Å². The van der Waals surface area contributed by atoms with Gasteiger partial charge in [0.05, 0.1) is 18.7 Å². The smallest absolute Gasteiger partial charge is 0.232 e. The number of ether oxygens (including phenoxy) is 1. The zero-order chi connectivity index (χ0) is 12.1. The largest absolute Gasteiger partial charge is 0.363 e. The van der Waals surface area contributed by atoms with E-state index < -0.39 is 0 Å². The van der Waals surface area contributed by atoms with Crippen LogP contribution in [0.5, 0.6) is 0 Å². The van der Waals surface area contributed by atoms with Gasteiger partial charge in [0.2, 0.25) is 6.29 Å². The molecule has 0 fully saturated rings. The third-order valence-electron chi connectivity index (χ3n) is 3.15. The van der Waals surface area contributed by atoms with Gasteiger partial charge in [-0.05, 0) is 25.5 Å². The highest BCUT2D eigenvalue weighted by Crippen LogP contribution is 2.20. The molecule has 0 bridgehead atoms. The third kappa shape index (κ3) is 3.54. The average Bonchev–Trinajstić information content (AvgIpc) is 2.78. The number of oxime groups is 1. The summed E-state index contributed by atoms with van der Waals surface area (Å²) in [6, 6.07) is 0. The minimum Gasteiger partial charge on any atom is -0.363 e. The van der Waals surface area contributed by atoms with E-state index in [1.165, 1.54) is 5.57 Å². The van der Waals surface area contributed by atoms with E-state index in [9.17, 15) is 0 Å². The Morgan fingerprint density at radius 1 is 1.59 bits per heavy atom. The van der Waals surface area contributed by atoms with Gasteiger partial charge in [0.15, 0.2) is 0 Å². The van der Waals surface area contributed by atoms with E-state index in [-0.39, 0.29) is 6.29 Å². The van der Waals surface area contributed by atoms with E-state index in [0.717, 1.165) is 51.1 Å². The molecule has 2 rings (SSSR count). The number of unbranched alkanes of at least 4 members (excludes halogenated alkanes) is 1. The Balaban J connectivity index is 1.79. The summed E-state index contributed by atoms with van der Waals surface area (Å²) in [7, 11) is 2.14. The quantitative estimate of drug-likeness (QED) is 0.688. The van der Waals surface area contributed by atoms with Gasteiger partial charge in [-0.25, -0.2) is 0 Å². The Morgan fingerprint density at radius 3 is 3.24 bits per heavy atom. The summed E-state index contributed by atoms with van der Waals surface area (Å²) in [6.07, 6.45) is 6.24. The van der Waals surface area contributed by atoms with Crippen molar-refractivity contribution >= 4 is 5.71 Å². The van der Waals surface area contributed by atoms with Crippen LogP contribution in [0, 0.1) is 0 Å². The summed E-state index contributed by atoms with van der Waals surface area (Å²) in [5.74, 6) is 0. The molecule has 0 radical (unpaired) electrons. The summed E-state index contributed by atoms with van der Waals surface area (Å²) in [4.78, 5) is 7.62. The minimum atomic E-state index is -0.162. The lowest BCUT2D eigenvalue weighted by atomic mass is 10.0. The van der Waals surface area contributed by atoms with Gasteiger partial charge in [0, 0.05) is 13.1 Å². The molecule has 4 nitrogen and oxygen atoms in total. The van der Waals surface area contributed by atoms with Crippen LogP contribution in [0.1, 0.15) is 32.6 Å². The van der Waals surface area contributed by atoms with Crippen molar-refractivity contribution in [1.82, 2.24) is 4.90 Å². The van der Waals surface area contributed by atoms with Crippen LogP contribution in [0.15, 0.2) is 16.8 Å². The molecule has 0 aromatic carbocycles. The number of hydrogen-bond donors (Lipinski definition) is 0. The van der Waals surface area contributed by atoms with E-state index >= 15 is 0 Å². The van der Waals surface area contributed by atoms with Crippen LogP contribution in [0.25, 0.3) is 0 Å². The van der Waals surface area contributed by atoms with Gasteiger partial charge < -0.3 is 14.5 Å². The molecule has 0 aliphatic carbocycles. The maximum absolute atomic E-state index is 5.61. The summed E-state index contributed by atoms with van der Waals surface area (Å²) in [5, 5.41) is 4.15. The van der Waals surface area contributed by atoms with Crippen molar-refractivity contribution in [3.05, 3.63) is 11.6 Å². The molecule has 0 saturated carbocycles. The number of rotatable bonds is 5. The molecule has 2 heterocycles. The molecule has 0 N–H and O–H groups in total. The maximum Gasteiger partial charge on any atom is 0.232 e. The van der Waals surface area contributed by atoms with E-state index in [1.54, 1.807) is 0 Å². The molecule has 96 valence electrons. The van der Waals surface area contributed by atoms with E-state index in [0.29, 0.717) is 0 Å². The molecule has 4 heteroatoms. The van der Waals surface area contributed by atoms with Gasteiger partial charge in [-0.15, -0.1) is 0 Å². The van der Waals surface area contributed by atoms with Crippen molar-refractivity contribution in [1.29, 1.82) is 0 Å². The lowest BCUT2D eigenvalue weighted by Gasteiger charge is -2.22. The van der Waals surface area contributed by atoms with E-state index in [1.807, 2.05) is 0 Å². The second-order valence-corrected chi connectivity index (χ2v) is 4.76. The molecule has 0 aromatic rings.